The lowest BCUT2D eigenvalue weighted by Gasteiger charge is -2.35. The van der Waals surface area contributed by atoms with Crippen LogP contribution in [0, 0.1) is 5.92 Å². The molecule has 3 aliphatic rings. The Kier molecular flexibility index (Phi) is 7.92. The van der Waals surface area contributed by atoms with Gasteiger partial charge in [0.15, 0.2) is 0 Å². The predicted molar refractivity (Wildman–Crippen MR) is 139 cm³/mol. The first-order chi connectivity index (χ1) is 17.1. The van der Waals surface area contributed by atoms with Crippen LogP contribution in [-0.2, 0) is 14.3 Å². The summed E-state index contributed by atoms with van der Waals surface area (Å²) in [5.41, 5.74) is 1.27. The van der Waals surface area contributed by atoms with Crippen molar-refractivity contribution < 1.29 is 23.9 Å². The Morgan fingerprint density at radius 1 is 1.03 bits per heavy atom. The standard InChI is InChI=1S/C26H34N4O5S/c1-26(2,3)35-25(34)30-11-6-9-19(17-30)23(32)29-13-7-12-28(14-15-29)20-10-5-4-8-18(20)16-21-22(31)27-24(33)36-21/h4-5,8,10,16,19H,6-7,9,11-15,17H2,1-3H3,(H,27,31,33). The van der Waals surface area contributed by atoms with Crippen LogP contribution in [-0.4, -0.2) is 77.8 Å². The van der Waals surface area contributed by atoms with Gasteiger partial charge in [0.25, 0.3) is 11.1 Å². The zero-order chi connectivity index (χ0) is 25.9. The first-order valence-electron chi connectivity index (χ1n) is 12.5. The maximum absolute atomic E-state index is 13.4. The molecular formula is C26H34N4O5S. The first-order valence-corrected chi connectivity index (χ1v) is 13.3. The van der Waals surface area contributed by atoms with E-state index in [9.17, 15) is 19.2 Å². The summed E-state index contributed by atoms with van der Waals surface area (Å²) in [5.74, 6) is -0.497. The molecule has 0 aromatic heterocycles. The number of nitrogens with zero attached hydrogens (tertiary/aromatic N) is 3. The molecule has 194 valence electrons. The number of hydrogen-bond donors (Lipinski definition) is 1. The van der Waals surface area contributed by atoms with Gasteiger partial charge in [0.2, 0.25) is 5.91 Å². The molecule has 1 aromatic rings. The smallest absolute Gasteiger partial charge is 0.410 e. The highest BCUT2D eigenvalue weighted by Gasteiger charge is 2.34. The number of imide groups is 1. The quantitative estimate of drug-likeness (QED) is 0.614. The minimum atomic E-state index is -0.565. The van der Waals surface area contributed by atoms with Crippen molar-refractivity contribution in [2.24, 2.45) is 5.92 Å². The molecule has 4 amide bonds. The van der Waals surface area contributed by atoms with E-state index in [2.05, 4.69) is 10.2 Å². The minimum Gasteiger partial charge on any atom is -0.444 e. The second kappa shape index (κ2) is 10.9. The number of thioether (sulfide) groups is 1. The molecule has 3 fully saturated rings. The van der Waals surface area contributed by atoms with Gasteiger partial charge in [0.1, 0.15) is 5.60 Å². The van der Waals surface area contributed by atoms with Crippen molar-refractivity contribution >= 4 is 46.7 Å². The van der Waals surface area contributed by atoms with Crippen LogP contribution in [0.2, 0.25) is 0 Å². The summed E-state index contributed by atoms with van der Waals surface area (Å²) in [7, 11) is 0. The Labute approximate surface area is 216 Å². The van der Waals surface area contributed by atoms with Crippen molar-refractivity contribution in [1.82, 2.24) is 15.1 Å². The van der Waals surface area contributed by atoms with Crippen molar-refractivity contribution in [3.05, 3.63) is 34.7 Å². The number of amides is 4. The first kappa shape index (κ1) is 26.1. The summed E-state index contributed by atoms with van der Waals surface area (Å²) in [5, 5.41) is 1.93. The van der Waals surface area contributed by atoms with Crippen LogP contribution in [0.25, 0.3) is 6.08 Å². The van der Waals surface area contributed by atoms with Crippen LogP contribution in [0.15, 0.2) is 29.2 Å². The van der Waals surface area contributed by atoms with Crippen LogP contribution in [0.3, 0.4) is 0 Å². The van der Waals surface area contributed by atoms with Gasteiger partial charge in [-0.1, -0.05) is 18.2 Å². The molecule has 3 saturated heterocycles. The fourth-order valence-corrected chi connectivity index (χ4v) is 5.44. The molecule has 1 atom stereocenters. The zero-order valence-corrected chi connectivity index (χ0v) is 21.9. The van der Waals surface area contributed by atoms with Gasteiger partial charge in [-0.15, -0.1) is 0 Å². The van der Waals surface area contributed by atoms with Gasteiger partial charge in [-0.05, 0) is 69.5 Å². The fraction of sp³-hybridized carbons (Fsp3) is 0.538. The van der Waals surface area contributed by atoms with Crippen molar-refractivity contribution in [3.8, 4) is 0 Å². The number of likely N-dealkylation sites (tertiary alicyclic amines) is 1. The Balaban J connectivity index is 1.40. The van der Waals surface area contributed by atoms with E-state index in [1.807, 2.05) is 49.9 Å². The van der Waals surface area contributed by atoms with Gasteiger partial charge in [0, 0.05) is 45.0 Å². The largest absolute Gasteiger partial charge is 0.444 e. The molecule has 3 aliphatic heterocycles. The number of para-hydroxylation sites is 1. The summed E-state index contributed by atoms with van der Waals surface area (Å²) >= 11 is 0.906. The molecule has 0 bridgehead atoms. The average molecular weight is 515 g/mol. The Morgan fingerprint density at radius 2 is 1.78 bits per heavy atom. The highest BCUT2D eigenvalue weighted by Crippen LogP contribution is 2.30. The van der Waals surface area contributed by atoms with E-state index in [1.165, 1.54) is 0 Å². The van der Waals surface area contributed by atoms with Crippen LogP contribution in [0.4, 0.5) is 15.3 Å². The molecule has 0 radical (unpaired) electrons. The second-order valence-electron chi connectivity index (χ2n) is 10.3. The van der Waals surface area contributed by atoms with Gasteiger partial charge in [-0.2, -0.15) is 0 Å². The van der Waals surface area contributed by atoms with Crippen molar-refractivity contribution in [1.29, 1.82) is 0 Å². The molecule has 0 saturated carbocycles. The summed E-state index contributed by atoms with van der Waals surface area (Å²) in [4.78, 5) is 55.7. The Hall–Kier alpha value is -3.01. The lowest BCUT2D eigenvalue weighted by molar-refractivity contribution is -0.137. The van der Waals surface area contributed by atoms with E-state index in [1.54, 1.807) is 11.0 Å². The van der Waals surface area contributed by atoms with E-state index >= 15 is 0 Å². The number of ether oxygens (including phenoxy) is 1. The van der Waals surface area contributed by atoms with Crippen LogP contribution >= 0.6 is 11.8 Å². The topological polar surface area (TPSA) is 99.3 Å². The van der Waals surface area contributed by atoms with Gasteiger partial charge < -0.3 is 19.4 Å². The Bertz CT molecular complexity index is 1070. The molecule has 4 rings (SSSR count). The molecule has 3 heterocycles. The number of carbonyl (C=O) groups excluding carboxylic acids is 4. The third-order valence-electron chi connectivity index (χ3n) is 6.44. The SMILES string of the molecule is CC(C)(C)OC(=O)N1CCCC(C(=O)N2CCCN(c3ccccc3C=C3SC(=O)NC3=O)CC2)C1. The van der Waals surface area contributed by atoms with Gasteiger partial charge in [-0.25, -0.2) is 4.79 Å². The average Bonchev–Trinajstić information content (AvgIpc) is 3.00. The maximum Gasteiger partial charge on any atom is 0.410 e. The third-order valence-corrected chi connectivity index (χ3v) is 7.25. The molecule has 0 spiro atoms. The molecular weight excluding hydrogens is 480 g/mol. The summed E-state index contributed by atoms with van der Waals surface area (Å²) in [6.07, 6.45) is 3.76. The van der Waals surface area contributed by atoms with Gasteiger partial charge in [-0.3, -0.25) is 19.7 Å². The van der Waals surface area contributed by atoms with E-state index in [0.29, 0.717) is 37.6 Å². The van der Waals surface area contributed by atoms with Gasteiger partial charge in [0.05, 0.1) is 10.8 Å². The van der Waals surface area contributed by atoms with Crippen LogP contribution in [0.5, 0.6) is 0 Å². The minimum absolute atomic E-state index is 0.0954. The van der Waals surface area contributed by atoms with Crippen LogP contribution < -0.4 is 10.2 Å². The summed E-state index contributed by atoms with van der Waals surface area (Å²) in [6.45, 7) is 9.21. The highest BCUT2D eigenvalue weighted by atomic mass is 32.2. The van der Waals surface area contributed by atoms with Gasteiger partial charge >= 0.3 is 6.09 Å². The molecule has 1 aromatic carbocycles. The zero-order valence-electron chi connectivity index (χ0n) is 21.1. The molecule has 36 heavy (non-hydrogen) atoms. The highest BCUT2D eigenvalue weighted by molar-refractivity contribution is 8.18. The number of piperidine rings is 1. The maximum atomic E-state index is 13.4. The molecule has 1 N–H and O–H groups in total. The van der Waals surface area contributed by atoms with Crippen molar-refractivity contribution in [3.63, 3.8) is 0 Å². The normalized spacial score (nSPS) is 22.5. The summed E-state index contributed by atoms with van der Waals surface area (Å²) < 4.78 is 5.51. The van der Waals surface area contributed by atoms with Crippen LogP contribution in [0.1, 0.15) is 45.6 Å². The number of benzene rings is 1. The molecule has 1 unspecified atom stereocenters. The lowest BCUT2D eigenvalue weighted by Crippen LogP contribution is -2.48. The monoisotopic (exact) mass is 514 g/mol. The van der Waals surface area contributed by atoms with Crippen molar-refractivity contribution in [2.75, 3.05) is 44.2 Å². The van der Waals surface area contributed by atoms with E-state index in [0.717, 1.165) is 48.8 Å². The lowest BCUT2D eigenvalue weighted by atomic mass is 9.96. The third kappa shape index (κ3) is 6.40. The number of hydrogen-bond acceptors (Lipinski definition) is 7. The molecule has 9 nitrogen and oxygen atoms in total. The van der Waals surface area contributed by atoms with E-state index in [-0.39, 0.29) is 29.1 Å². The molecule has 10 heteroatoms. The number of carbonyl (C=O) groups is 4. The number of rotatable bonds is 3. The predicted octanol–water partition coefficient (Wildman–Crippen LogP) is 3.70. The number of nitrogens with one attached hydrogen (secondary N) is 1. The number of anilines is 1. The van der Waals surface area contributed by atoms with Crippen molar-refractivity contribution in [2.45, 2.75) is 45.6 Å². The summed E-state index contributed by atoms with van der Waals surface area (Å²) in [6, 6.07) is 7.79. The van der Waals surface area contributed by atoms with E-state index < -0.39 is 5.60 Å². The fourth-order valence-electron chi connectivity index (χ4n) is 4.77. The second-order valence-corrected chi connectivity index (χ2v) is 11.4. The molecule has 0 aliphatic carbocycles. The Morgan fingerprint density at radius 3 is 2.50 bits per heavy atom. The van der Waals surface area contributed by atoms with E-state index in [4.69, 9.17) is 4.74 Å².